The van der Waals surface area contributed by atoms with Gasteiger partial charge in [0.25, 0.3) is 5.69 Å². The van der Waals surface area contributed by atoms with E-state index in [1.165, 1.54) is 17.8 Å². The molecule has 2 aromatic carbocycles. The Bertz CT molecular complexity index is 1610. The van der Waals surface area contributed by atoms with Crippen molar-refractivity contribution in [1.82, 2.24) is 19.4 Å². The zero-order chi connectivity index (χ0) is 30.6. The number of nitro groups is 1. The molecule has 2 aromatic heterocycles. The molecule has 0 bridgehead atoms. The number of hydrogen-bond acceptors (Lipinski definition) is 8. The van der Waals surface area contributed by atoms with Gasteiger partial charge in [-0.3, -0.25) is 10.1 Å². The molecular weight excluding hydrogens is 534 g/mol. The summed E-state index contributed by atoms with van der Waals surface area (Å²) in [5.41, 5.74) is 5.23. The number of rotatable bonds is 10. The van der Waals surface area contributed by atoms with Crippen LogP contribution in [0.3, 0.4) is 0 Å². The molecule has 222 valence electrons. The van der Waals surface area contributed by atoms with E-state index in [-0.39, 0.29) is 22.1 Å². The van der Waals surface area contributed by atoms with E-state index in [2.05, 4.69) is 25.9 Å². The van der Waals surface area contributed by atoms with Crippen LogP contribution in [0.2, 0.25) is 0 Å². The van der Waals surface area contributed by atoms with E-state index < -0.39 is 5.97 Å². The summed E-state index contributed by atoms with van der Waals surface area (Å²) in [7, 11) is 5.76. The number of nitrogens with zero attached hydrogens (tertiary/aromatic N) is 6. The predicted octanol–water partition coefficient (Wildman–Crippen LogP) is 5.98. The number of likely N-dealkylation sites (N-methyl/N-ethyl adjacent to an activating group) is 2. The van der Waals surface area contributed by atoms with Gasteiger partial charge in [-0.1, -0.05) is 39.0 Å². The molecule has 11 nitrogen and oxygen atoms in total. The SMILES string of the molecule is CC.CCc1cc(N(C)CCN(C)C)c([N+](=O)[O-])cc1Nc1ncc(C(=O)O)c(-c2cn3c4c(cccc24)CCC3)n1. The first-order chi connectivity index (χ1) is 20.2. The third-order valence-electron chi connectivity index (χ3n) is 7.42. The van der Waals surface area contributed by atoms with Gasteiger partial charge in [0.1, 0.15) is 11.3 Å². The number of benzene rings is 2. The number of aryl methyl sites for hydroxylation is 3. The molecular formula is C31H39N7O4. The molecule has 0 saturated heterocycles. The number of carboxylic acids is 1. The van der Waals surface area contributed by atoms with Crippen LogP contribution in [0.1, 0.15) is 48.7 Å². The molecule has 0 amide bonds. The van der Waals surface area contributed by atoms with Gasteiger partial charge in [-0.15, -0.1) is 0 Å². The molecule has 0 atom stereocenters. The van der Waals surface area contributed by atoms with Gasteiger partial charge in [-0.2, -0.15) is 0 Å². The Morgan fingerprint density at radius 2 is 1.95 bits per heavy atom. The molecule has 0 radical (unpaired) electrons. The van der Waals surface area contributed by atoms with Gasteiger partial charge in [0.05, 0.1) is 21.8 Å². The largest absolute Gasteiger partial charge is 0.478 e. The Hall–Kier alpha value is -4.51. The van der Waals surface area contributed by atoms with Crippen molar-refractivity contribution < 1.29 is 14.8 Å². The van der Waals surface area contributed by atoms with Gasteiger partial charge in [0.2, 0.25) is 5.95 Å². The van der Waals surface area contributed by atoms with E-state index in [0.717, 1.165) is 48.0 Å². The summed E-state index contributed by atoms with van der Waals surface area (Å²) in [6, 6.07) is 9.42. The van der Waals surface area contributed by atoms with E-state index in [4.69, 9.17) is 0 Å². The number of carboxylic acid groups (broad SMARTS) is 1. The Morgan fingerprint density at radius 1 is 1.19 bits per heavy atom. The number of carbonyl (C=O) groups is 1. The zero-order valence-corrected chi connectivity index (χ0v) is 25.1. The van der Waals surface area contributed by atoms with Crippen molar-refractivity contribution >= 4 is 39.9 Å². The van der Waals surface area contributed by atoms with Crippen LogP contribution in [0.5, 0.6) is 0 Å². The lowest BCUT2D eigenvalue weighted by Gasteiger charge is -2.23. The van der Waals surface area contributed by atoms with Crippen LogP contribution < -0.4 is 10.2 Å². The third-order valence-corrected chi connectivity index (χ3v) is 7.42. The fraction of sp³-hybridized carbons (Fsp3) is 0.387. The summed E-state index contributed by atoms with van der Waals surface area (Å²) < 4.78 is 2.16. The zero-order valence-electron chi connectivity index (χ0n) is 25.1. The van der Waals surface area contributed by atoms with Crippen LogP contribution in [0.15, 0.2) is 42.7 Å². The normalized spacial score (nSPS) is 12.2. The molecule has 1 aliphatic heterocycles. The highest BCUT2D eigenvalue weighted by atomic mass is 16.6. The topological polar surface area (TPSA) is 130 Å². The Labute approximate surface area is 246 Å². The van der Waals surface area contributed by atoms with Crippen molar-refractivity contribution in [2.24, 2.45) is 0 Å². The maximum Gasteiger partial charge on any atom is 0.339 e. The third kappa shape index (κ3) is 6.06. The van der Waals surface area contributed by atoms with Crippen molar-refractivity contribution in [1.29, 1.82) is 0 Å². The summed E-state index contributed by atoms with van der Waals surface area (Å²) in [5, 5.41) is 26.1. The van der Waals surface area contributed by atoms with Crippen molar-refractivity contribution in [3.8, 4) is 11.3 Å². The number of para-hydroxylation sites is 1. The molecule has 0 fully saturated rings. The second-order valence-corrected chi connectivity index (χ2v) is 10.4. The van der Waals surface area contributed by atoms with Crippen LogP contribution in [-0.4, -0.2) is 69.7 Å². The maximum atomic E-state index is 12.2. The molecule has 0 unspecified atom stereocenters. The van der Waals surface area contributed by atoms with E-state index in [0.29, 0.717) is 30.0 Å². The highest BCUT2D eigenvalue weighted by Crippen LogP contribution is 2.38. The molecule has 4 aromatic rings. The predicted molar refractivity (Wildman–Crippen MR) is 167 cm³/mol. The lowest BCUT2D eigenvalue weighted by Crippen LogP contribution is -2.29. The molecule has 0 saturated carbocycles. The summed E-state index contributed by atoms with van der Waals surface area (Å²) in [5.74, 6) is -0.951. The number of hydrogen-bond donors (Lipinski definition) is 2. The van der Waals surface area contributed by atoms with Crippen LogP contribution in [-0.2, 0) is 19.4 Å². The van der Waals surface area contributed by atoms with Crippen LogP contribution in [0.4, 0.5) is 23.0 Å². The first kappa shape index (κ1) is 30.4. The van der Waals surface area contributed by atoms with Gasteiger partial charge in [0.15, 0.2) is 0 Å². The second-order valence-electron chi connectivity index (χ2n) is 10.4. The van der Waals surface area contributed by atoms with Crippen molar-refractivity contribution in [3.63, 3.8) is 0 Å². The molecule has 11 heteroatoms. The highest BCUT2D eigenvalue weighted by Gasteiger charge is 2.24. The van der Waals surface area contributed by atoms with E-state index in [9.17, 15) is 20.0 Å². The summed E-state index contributed by atoms with van der Waals surface area (Å²) in [6.45, 7) is 8.20. The Kier molecular flexibility index (Phi) is 9.41. The minimum Gasteiger partial charge on any atom is -0.478 e. The van der Waals surface area contributed by atoms with Crippen LogP contribution in [0.25, 0.3) is 22.2 Å². The molecule has 2 N–H and O–H groups in total. The van der Waals surface area contributed by atoms with E-state index in [1.807, 2.05) is 76.1 Å². The van der Waals surface area contributed by atoms with Crippen molar-refractivity contribution in [3.05, 3.63) is 69.5 Å². The van der Waals surface area contributed by atoms with Crippen molar-refractivity contribution in [2.45, 2.75) is 46.6 Å². The number of anilines is 3. The molecule has 0 aliphatic carbocycles. The van der Waals surface area contributed by atoms with Gasteiger partial charge in [-0.05, 0) is 50.6 Å². The summed E-state index contributed by atoms with van der Waals surface area (Å²) in [6.07, 6.45) is 5.87. The minimum absolute atomic E-state index is 0.00573. The van der Waals surface area contributed by atoms with Gasteiger partial charge in [0, 0.05) is 56.1 Å². The standard InChI is InChI=1S/C29H33N7O4.C2H6/c1-5-18-14-24(34(4)13-12-33(2)3)25(36(39)40)15-23(18)31-29-30-16-21(28(37)38)26(32-29)22-17-35-11-7-9-19-8-6-10-20(22)27(19)35;1-2/h6,8,10,14-17H,5,7,9,11-13H2,1-4H3,(H,37,38)(H,30,31,32);1-2H3. The summed E-state index contributed by atoms with van der Waals surface area (Å²) in [4.78, 5) is 36.7. The molecule has 5 rings (SSSR count). The quantitative estimate of drug-likeness (QED) is 0.174. The molecule has 0 spiro atoms. The fourth-order valence-corrected chi connectivity index (χ4v) is 5.32. The molecule has 1 aliphatic rings. The average molecular weight is 574 g/mol. The highest BCUT2D eigenvalue weighted by molar-refractivity contribution is 6.03. The fourth-order valence-electron chi connectivity index (χ4n) is 5.32. The number of aromatic nitrogens is 3. The smallest absolute Gasteiger partial charge is 0.339 e. The first-order valence-electron chi connectivity index (χ1n) is 14.3. The average Bonchev–Trinajstić information content (AvgIpc) is 3.36. The monoisotopic (exact) mass is 573 g/mol. The van der Waals surface area contributed by atoms with Crippen LogP contribution >= 0.6 is 0 Å². The van der Waals surface area contributed by atoms with E-state index >= 15 is 0 Å². The molecule has 42 heavy (non-hydrogen) atoms. The number of aromatic carboxylic acids is 1. The Balaban J connectivity index is 0.00000198. The number of nitrogens with one attached hydrogen (secondary N) is 1. The summed E-state index contributed by atoms with van der Waals surface area (Å²) >= 11 is 0. The van der Waals surface area contributed by atoms with Crippen LogP contribution in [0, 0.1) is 10.1 Å². The van der Waals surface area contributed by atoms with Gasteiger partial charge < -0.3 is 24.8 Å². The van der Waals surface area contributed by atoms with E-state index in [1.54, 1.807) is 0 Å². The minimum atomic E-state index is -1.12. The van der Waals surface area contributed by atoms with Gasteiger partial charge in [-0.25, -0.2) is 14.8 Å². The molecule has 3 heterocycles. The Morgan fingerprint density at radius 3 is 2.62 bits per heavy atom. The lowest BCUT2D eigenvalue weighted by molar-refractivity contribution is -0.384. The lowest BCUT2D eigenvalue weighted by atomic mass is 10.0. The maximum absolute atomic E-state index is 12.2. The second kappa shape index (κ2) is 13.0. The van der Waals surface area contributed by atoms with Crippen molar-refractivity contribution in [2.75, 3.05) is 44.4 Å². The van der Waals surface area contributed by atoms with Gasteiger partial charge >= 0.3 is 5.97 Å². The first-order valence-corrected chi connectivity index (χ1v) is 14.3. The number of nitro benzene ring substituents is 1.